The van der Waals surface area contributed by atoms with Crippen molar-refractivity contribution in [1.29, 1.82) is 0 Å². The van der Waals surface area contributed by atoms with Crippen LogP contribution in [0.3, 0.4) is 0 Å². The Kier molecular flexibility index (Phi) is 12.7. The first-order valence-electron chi connectivity index (χ1n) is 12.4. The predicted molar refractivity (Wildman–Crippen MR) is 140 cm³/mol. The van der Waals surface area contributed by atoms with Crippen molar-refractivity contribution in [3.05, 3.63) is 48.0 Å². The molecule has 0 bridgehead atoms. The fraction of sp³-hybridized carbons (Fsp3) is 0.556. The first-order chi connectivity index (χ1) is 16.9. The number of carbonyl (C=O) groups is 4. The summed E-state index contributed by atoms with van der Waals surface area (Å²) in [5.41, 5.74) is 6.03. The Morgan fingerprint density at radius 2 is 1.83 bits per heavy atom. The van der Waals surface area contributed by atoms with Crippen molar-refractivity contribution in [3.8, 4) is 0 Å². The van der Waals surface area contributed by atoms with Gasteiger partial charge in [0.15, 0.2) is 0 Å². The van der Waals surface area contributed by atoms with Crippen LogP contribution in [0.2, 0.25) is 0 Å². The van der Waals surface area contributed by atoms with E-state index in [-0.39, 0.29) is 25.3 Å². The summed E-state index contributed by atoms with van der Waals surface area (Å²) >= 11 is 0. The Bertz CT molecular complexity index is 910. The molecule has 9 nitrogen and oxygen atoms in total. The fourth-order valence-electron chi connectivity index (χ4n) is 3.68. The second-order valence-electron chi connectivity index (χ2n) is 9.74. The third-order valence-corrected chi connectivity index (χ3v) is 5.40. The van der Waals surface area contributed by atoms with Crippen LogP contribution in [-0.4, -0.2) is 53.4 Å². The van der Waals surface area contributed by atoms with Gasteiger partial charge in [0.1, 0.15) is 17.7 Å². The van der Waals surface area contributed by atoms with Crippen LogP contribution < -0.4 is 16.4 Å². The lowest BCUT2D eigenvalue weighted by atomic mass is 9.97. The Labute approximate surface area is 214 Å². The van der Waals surface area contributed by atoms with Crippen LogP contribution in [0.5, 0.6) is 0 Å². The van der Waals surface area contributed by atoms with E-state index in [1.165, 1.54) is 11.0 Å². The number of benzene rings is 1. The number of unbranched alkanes of at least 4 members (excludes halogenated alkanes) is 2. The van der Waals surface area contributed by atoms with Gasteiger partial charge in [-0.2, -0.15) is 0 Å². The van der Waals surface area contributed by atoms with E-state index in [0.717, 1.165) is 24.8 Å². The molecule has 0 aliphatic rings. The van der Waals surface area contributed by atoms with Gasteiger partial charge in [-0.25, -0.2) is 4.79 Å². The van der Waals surface area contributed by atoms with Crippen molar-refractivity contribution in [2.24, 2.45) is 5.73 Å². The lowest BCUT2D eigenvalue weighted by Gasteiger charge is -2.34. The van der Waals surface area contributed by atoms with Gasteiger partial charge in [-0.15, -0.1) is 6.58 Å². The quantitative estimate of drug-likeness (QED) is 0.265. The zero-order valence-electron chi connectivity index (χ0n) is 22.3. The number of hydrogen-bond donors (Lipinski definition) is 3. The molecule has 2 atom stereocenters. The summed E-state index contributed by atoms with van der Waals surface area (Å²) in [6.07, 6.45) is 3.34. The summed E-state index contributed by atoms with van der Waals surface area (Å²) in [5.74, 6) is -1.49. The minimum atomic E-state index is -1.13. The number of carbonyl (C=O) groups excluding carboxylic acids is 4. The van der Waals surface area contributed by atoms with Gasteiger partial charge in [0, 0.05) is 19.5 Å². The number of nitrogens with zero attached hydrogens (tertiary/aromatic N) is 1. The molecular formula is C27H42N4O5. The third kappa shape index (κ3) is 10.5. The molecule has 1 rings (SSSR count). The molecule has 36 heavy (non-hydrogen) atoms. The molecular weight excluding hydrogens is 460 g/mol. The van der Waals surface area contributed by atoms with Crippen molar-refractivity contribution in [2.75, 3.05) is 13.1 Å². The molecule has 4 N–H and O–H groups in total. The maximum atomic E-state index is 13.8. The fourth-order valence-corrected chi connectivity index (χ4v) is 3.68. The Balaban J connectivity index is 3.39. The second kappa shape index (κ2) is 14.9. The van der Waals surface area contributed by atoms with Gasteiger partial charge >= 0.3 is 6.09 Å². The van der Waals surface area contributed by atoms with E-state index in [9.17, 15) is 19.2 Å². The van der Waals surface area contributed by atoms with E-state index in [2.05, 4.69) is 24.1 Å². The molecule has 0 aromatic heterocycles. The monoisotopic (exact) mass is 502 g/mol. The molecule has 1 aromatic rings. The summed E-state index contributed by atoms with van der Waals surface area (Å²) in [4.78, 5) is 52.6. The first-order valence-corrected chi connectivity index (χ1v) is 12.4. The average Bonchev–Trinajstić information content (AvgIpc) is 2.78. The van der Waals surface area contributed by atoms with Gasteiger partial charge in [0.25, 0.3) is 0 Å². The highest BCUT2D eigenvalue weighted by Crippen LogP contribution is 2.26. The van der Waals surface area contributed by atoms with Crippen molar-refractivity contribution >= 4 is 23.8 Å². The highest BCUT2D eigenvalue weighted by atomic mass is 16.6. The molecule has 0 saturated carbocycles. The SMILES string of the molecule is C=CCN(C(=O)C(CCC(N)=O)NC(=O)OC(C)(C)C)C(C(=O)NCCCCC)c1ccccc1C. The smallest absolute Gasteiger partial charge is 0.408 e. The second-order valence-corrected chi connectivity index (χ2v) is 9.74. The number of hydrogen-bond acceptors (Lipinski definition) is 5. The minimum absolute atomic E-state index is 0.0420. The number of aryl methyl sites for hydroxylation is 1. The number of rotatable bonds is 14. The lowest BCUT2D eigenvalue weighted by Crippen LogP contribution is -2.53. The summed E-state index contributed by atoms with van der Waals surface area (Å²) in [5, 5.41) is 5.51. The largest absolute Gasteiger partial charge is 0.444 e. The maximum Gasteiger partial charge on any atom is 0.408 e. The Morgan fingerprint density at radius 3 is 2.39 bits per heavy atom. The van der Waals surface area contributed by atoms with Crippen molar-refractivity contribution in [1.82, 2.24) is 15.5 Å². The maximum absolute atomic E-state index is 13.8. The first kappa shape index (κ1) is 30.7. The van der Waals surface area contributed by atoms with Gasteiger partial charge in [-0.05, 0) is 51.7 Å². The molecule has 1 aromatic carbocycles. The van der Waals surface area contributed by atoms with Crippen LogP contribution in [-0.2, 0) is 19.1 Å². The summed E-state index contributed by atoms with van der Waals surface area (Å²) in [7, 11) is 0. The van der Waals surface area contributed by atoms with Crippen molar-refractivity contribution in [2.45, 2.75) is 84.4 Å². The molecule has 200 valence electrons. The Hall–Kier alpha value is -3.36. The van der Waals surface area contributed by atoms with Gasteiger partial charge in [-0.1, -0.05) is 50.1 Å². The molecule has 0 spiro atoms. The molecule has 9 heteroatoms. The number of nitrogens with two attached hydrogens (primary N) is 1. The number of nitrogens with one attached hydrogen (secondary N) is 2. The van der Waals surface area contributed by atoms with Crippen molar-refractivity contribution < 1.29 is 23.9 Å². The highest BCUT2D eigenvalue weighted by molar-refractivity contribution is 5.92. The lowest BCUT2D eigenvalue weighted by molar-refractivity contribution is -0.142. The molecule has 4 amide bonds. The van der Waals surface area contributed by atoms with Crippen LogP contribution in [0.1, 0.15) is 77.0 Å². The van der Waals surface area contributed by atoms with E-state index in [0.29, 0.717) is 12.1 Å². The third-order valence-electron chi connectivity index (χ3n) is 5.40. The van der Waals surface area contributed by atoms with E-state index >= 15 is 0 Å². The standard InChI is InChI=1S/C27H42N4O5/c1-7-9-12-17-29-24(33)23(20-14-11-10-13-19(20)3)31(18-8-2)25(34)21(15-16-22(28)32)30-26(35)36-27(4,5)6/h8,10-11,13-14,21,23H,2,7,9,12,15-18H2,1,3-6H3,(H2,28,32)(H,29,33)(H,30,35). The number of primary amides is 1. The molecule has 0 radical (unpaired) electrons. The van der Waals surface area contributed by atoms with Gasteiger partial charge in [-0.3, -0.25) is 14.4 Å². The highest BCUT2D eigenvalue weighted by Gasteiger charge is 2.36. The zero-order valence-corrected chi connectivity index (χ0v) is 22.3. The zero-order chi connectivity index (χ0) is 27.3. The summed E-state index contributed by atoms with van der Waals surface area (Å²) in [6, 6.07) is 5.23. The average molecular weight is 503 g/mol. The number of amides is 4. The van der Waals surface area contributed by atoms with E-state index < -0.39 is 35.6 Å². The molecule has 0 heterocycles. The molecule has 0 aliphatic heterocycles. The minimum Gasteiger partial charge on any atom is -0.444 e. The van der Waals surface area contributed by atoms with Gasteiger partial charge < -0.3 is 26.0 Å². The summed E-state index contributed by atoms with van der Waals surface area (Å²) < 4.78 is 5.32. The molecule has 0 aliphatic carbocycles. The normalized spacial score (nSPS) is 12.7. The van der Waals surface area contributed by atoms with E-state index in [1.807, 2.05) is 19.1 Å². The molecule has 0 fully saturated rings. The topological polar surface area (TPSA) is 131 Å². The Morgan fingerprint density at radius 1 is 1.17 bits per heavy atom. The van der Waals surface area contributed by atoms with Gasteiger partial charge in [0.2, 0.25) is 17.7 Å². The van der Waals surface area contributed by atoms with Crippen LogP contribution in [0.15, 0.2) is 36.9 Å². The number of alkyl carbamates (subject to hydrolysis) is 1. The van der Waals surface area contributed by atoms with Crippen LogP contribution in [0.4, 0.5) is 4.79 Å². The predicted octanol–water partition coefficient (Wildman–Crippen LogP) is 3.52. The molecule has 2 unspecified atom stereocenters. The van der Waals surface area contributed by atoms with Gasteiger partial charge in [0.05, 0.1) is 0 Å². The summed E-state index contributed by atoms with van der Waals surface area (Å²) in [6.45, 7) is 13.3. The van der Waals surface area contributed by atoms with E-state index in [4.69, 9.17) is 10.5 Å². The van der Waals surface area contributed by atoms with Crippen LogP contribution in [0, 0.1) is 6.92 Å². The van der Waals surface area contributed by atoms with Crippen LogP contribution in [0.25, 0.3) is 0 Å². The number of ether oxygens (including phenoxy) is 1. The molecule has 0 saturated heterocycles. The van der Waals surface area contributed by atoms with Crippen LogP contribution >= 0.6 is 0 Å². The van der Waals surface area contributed by atoms with E-state index in [1.54, 1.807) is 32.9 Å². The van der Waals surface area contributed by atoms with Crippen molar-refractivity contribution in [3.63, 3.8) is 0 Å².